The Kier molecular flexibility index (Phi) is 4.83. The predicted octanol–water partition coefficient (Wildman–Crippen LogP) is 1.18. The van der Waals surface area contributed by atoms with Crippen molar-refractivity contribution in [2.24, 2.45) is 0 Å². The van der Waals surface area contributed by atoms with Gasteiger partial charge in [-0.25, -0.2) is 13.2 Å². The zero-order valence-corrected chi connectivity index (χ0v) is 11.0. The Bertz CT molecular complexity index is 538. The molecular formula is C11H15NO5S. The number of carboxylic acids is 1. The highest BCUT2D eigenvalue weighted by atomic mass is 32.2. The number of sulfonamides is 1. The molecule has 0 aliphatic carbocycles. The lowest BCUT2D eigenvalue weighted by molar-refractivity contribution is 0.0695. The molecule has 1 aromatic carbocycles. The quantitative estimate of drug-likeness (QED) is 0.759. The van der Waals surface area contributed by atoms with Crippen LogP contribution in [0.2, 0.25) is 0 Å². The Balaban J connectivity index is 3.20. The van der Waals surface area contributed by atoms with E-state index in [4.69, 9.17) is 5.11 Å². The molecule has 0 saturated heterocycles. The fourth-order valence-electron chi connectivity index (χ4n) is 1.41. The fraction of sp³-hybridized carbons (Fsp3) is 0.364. The van der Waals surface area contributed by atoms with Crippen molar-refractivity contribution in [2.45, 2.75) is 25.2 Å². The minimum absolute atomic E-state index is 0.0168. The van der Waals surface area contributed by atoms with Gasteiger partial charge in [-0.1, -0.05) is 17.9 Å². The first-order valence-electron chi connectivity index (χ1n) is 5.42. The van der Waals surface area contributed by atoms with E-state index in [0.29, 0.717) is 12.0 Å². The molecule has 0 unspecified atom stereocenters. The van der Waals surface area contributed by atoms with Crippen molar-refractivity contribution >= 4 is 16.0 Å². The third-order valence-electron chi connectivity index (χ3n) is 2.32. The minimum atomic E-state index is -3.84. The first kappa shape index (κ1) is 14.6. The molecule has 1 aromatic rings. The van der Waals surface area contributed by atoms with Crippen LogP contribution in [0.3, 0.4) is 0 Å². The highest BCUT2D eigenvalue weighted by molar-refractivity contribution is 7.89. The van der Waals surface area contributed by atoms with Crippen LogP contribution in [0.15, 0.2) is 23.1 Å². The number of hydrogen-bond donors (Lipinski definition) is 2. The summed E-state index contributed by atoms with van der Waals surface area (Å²) in [7, 11) is -3.84. The van der Waals surface area contributed by atoms with Gasteiger partial charge in [-0.2, -0.15) is 0 Å². The van der Waals surface area contributed by atoms with E-state index in [9.17, 15) is 13.2 Å². The molecule has 0 fully saturated rings. The molecule has 6 nitrogen and oxygen atoms in total. The summed E-state index contributed by atoms with van der Waals surface area (Å²) >= 11 is 0. The fourth-order valence-corrected chi connectivity index (χ4v) is 2.30. The van der Waals surface area contributed by atoms with Crippen molar-refractivity contribution in [1.82, 2.24) is 4.89 Å². The van der Waals surface area contributed by atoms with Crippen LogP contribution in [-0.2, 0) is 21.3 Å². The number of benzene rings is 1. The van der Waals surface area contributed by atoms with Crippen LogP contribution in [0.5, 0.6) is 0 Å². The van der Waals surface area contributed by atoms with Gasteiger partial charge in [0.1, 0.15) is 0 Å². The molecule has 0 heterocycles. The largest absolute Gasteiger partial charge is 0.478 e. The molecule has 7 heteroatoms. The number of rotatable bonds is 6. The molecule has 0 aromatic heterocycles. The number of carbonyl (C=O) groups is 1. The van der Waals surface area contributed by atoms with Crippen molar-refractivity contribution in [2.75, 3.05) is 6.61 Å². The molecule has 100 valence electrons. The van der Waals surface area contributed by atoms with E-state index >= 15 is 0 Å². The van der Waals surface area contributed by atoms with Crippen LogP contribution in [0.25, 0.3) is 0 Å². The zero-order chi connectivity index (χ0) is 13.8. The van der Waals surface area contributed by atoms with Crippen molar-refractivity contribution < 1.29 is 23.2 Å². The van der Waals surface area contributed by atoms with E-state index < -0.39 is 16.0 Å². The van der Waals surface area contributed by atoms with Gasteiger partial charge >= 0.3 is 5.97 Å². The maximum absolute atomic E-state index is 11.7. The topological polar surface area (TPSA) is 92.7 Å². The highest BCUT2D eigenvalue weighted by Crippen LogP contribution is 2.17. The molecule has 2 N–H and O–H groups in total. The molecule has 0 amide bonds. The first-order valence-corrected chi connectivity index (χ1v) is 6.90. The van der Waals surface area contributed by atoms with E-state index in [2.05, 4.69) is 4.84 Å². The van der Waals surface area contributed by atoms with E-state index in [1.54, 1.807) is 13.8 Å². The summed E-state index contributed by atoms with van der Waals surface area (Å²) in [5.74, 6) is -1.15. The van der Waals surface area contributed by atoms with E-state index in [-0.39, 0.29) is 17.1 Å². The maximum atomic E-state index is 11.7. The first-order chi connectivity index (χ1) is 8.42. The van der Waals surface area contributed by atoms with E-state index in [1.165, 1.54) is 12.1 Å². The number of aryl methyl sites for hydroxylation is 1. The summed E-state index contributed by atoms with van der Waals surface area (Å²) in [5, 5.41) is 9.02. The summed E-state index contributed by atoms with van der Waals surface area (Å²) in [6.07, 6.45) is 0.515. The monoisotopic (exact) mass is 273 g/mol. The van der Waals surface area contributed by atoms with Crippen LogP contribution in [0.1, 0.15) is 29.8 Å². The summed E-state index contributed by atoms with van der Waals surface area (Å²) in [5.41, 5.74) is 0.565. The summed E-state index contributed by atoms with van der Waals surface area (Å²) in [6.45, 7) is 3.61. The van der Waals surface area contributed by atoms with Crippen LogP contribution in [0.4, 0.5) is 0 Å². The van der Waals surface area contributed by atoms with Gasteiger partial charge in [0.05, 0.1) is 17.1 Å². The normalized spacial score (nSPS) is 11.4. The second kappa shape index (κ2) is 5.94. The molecule has 18 heavy (non-hydrogen) atoms. The number of nitrogens with one attached hydrogen (secondary N) is 1. The molecule has 0 radical (unpaired) electrons. The number of hydrogen-bond acceptors (Lipinski definition) is 4. The average molecular weight is 273 g/mol. The van der Waals surface area contributed by atoms with Crippen LogP contribution >= 0.6 is 0 Å². The van der Waals surface area contributed by atoms with Crippen molar-refractivity contribution in [3.05, 3.63) is 29.3 Å². The summed E-state index contributed by atoms with van der Waals surface area (Å²) < 4.78 is 23.5. The molecule has 0 spiro atoms. The van der Waals surface area contributed by atoms with Crippen molar-refractivity contribution in [1.29, 1.82) is 0 Å². The van der Waals surface area contributed by atoms with Gasteiger partial charge in [0.25, 0.3) is 10.0 Å². The van der Waals surface area contributed by atoms with Gasteiger partial charge in [0.2, 0.25) is 0 Å². The van der Waals surface area contributed by atoms with Crippen molar-refractivity contribution in [3.63, 3.8) is 0 Å². The third-order valence-corrected chi connectivity index (χ3v) is 3.53. The Labute approximate surface area is 106 Å². The van der Waals surface area contributed by atoms with Crippen molar-refractivity contribution in [3.8, 4) is 0 Å². The lowest BCUT2D eigenvalue weighted by Crippen LogP contribution is -2.24. The summed E-state index contributed by atoms with van der Waals surface area (Å²) in [4.78, 5) is 17.4. The summed E-state index contributed by atoms with van der Waals surface area (Å²) in [6, 6.07) is 3.97. The molecule has 0 bridgehead atoms. The molecule has 0 aliphatic heterocycles. The van der Waals surface area contributed by atoms with Gasteiger partial charge < -0.3 is 5.11 Å². The molecular weight excluding hydrogens is 258 g/mol. The third kappa shape index (κ3) is 3.28. The van der Waals surface area contributed by atoms with E-state index in [0.717, 1.165) is 6.07 Å². The minimum Gasteiger partial charge on any atom is -0.478 e. The second-order valence-electron chi connectivity index (χ2n) is 3.50. The standard InChI is InChI=1S/C11H15NO5S/c1-3-8-5-6-9(7-10(8)11(13)14)18(15,16)12-17-4-2/h5-7,12H,3-4H2,1-2H3,(H,13,14). The maximum Gasteiger partial charge on any atom is 0.336 e. The predicted molar refractivity (Wildman–Crippen MR) is 64.7 cm³/mol. The lowest BCUT2D eigenvalue weighted by atomic mass is 10.1. The Morgan fingerprint density at radius 1 is 1.39 bits per heavy atom. The Hall–Kier alpha value is -1.44. The van der Waals surface area contributed by atoms with Gasteiger partial charge in [-0.3, -0.25) is 4.84 Å². The van der Waals surface area contributed by atoms with Crippen LogP contribution < -0.4 is 4.89 Å². The smallest absolute Gasteiger partial charge is 0.336 e. The van der Waals surface area contributed by atoms with Gasteiger partial charge in [-0.05, 0) is 31.0 Å². The zero-order valence-electron chi connectivity index (χ0n) is 10.1. The molecule has 0 aliphatic rings. The van der Waals surface area contributed by atoms with Gasteiger partial charge in [-0.15, -0.1) is 0 Å². The van der Waals surface area contributed by atoms with Crippen LogP contribution in [0, 0.1) is 0 Å². The number of carboxylic acid groups (broad SMARTS) is 1. The number of aromatic carboxylic acids is 1. The van der Waals surface area contributed by atoms with Gasteiger partial charge in [0.15, 0.2) is 0 Å². The van der Waals surface area contributed by atoms with Gasteiger partial charge in [0, 0.05) is 0 Å². The second-order valence-corrected chi connectivity index (χ2v) is 5.14. The molecule has 0 saturated carbocycles. The highest BCUT2D eigenvalue weighted by Gasteiger charge is 2.18. The lowest BCUT2D eigenvalue weighted by Gasteiger charge is -2.08. The SMILES string of the molecule is CCONS(=O)(=O)c1ccc(CC)c(C(=O)O)c1. The molecule has 0 atom stereocenters. The average Bonchev–Trinajstić information content (AvgIpc) is 2.35. The molecule has 1 rings (SSSR count). The Morgan fingerprint density at radius 2 is 2.06 bits per heavy atom. The van der Waals surface area contributed by atoms with E-state index in [1.807, 2.05) is 4.89 Å². The van der Waals surface area contributed by atoms with Crippen LogP contribution in [-0.4, -0.2) is 26.1 Å². The Morgan fingerprint density at radius 3 is 2.56 bits per heavy atom.